The molecule has 3 aromatic rings. The van der Waals surface area contributed by atoms with Gasteiger partial charge in [-0.15, -0.1) is 10.2 Å². The number of rotatable bonds is 10. The molecule has 0 unspecified atom stereocenters. The minimum Gasteiger partial charge on any atom is -0.371 e. The van der Waals surface area contributed by atoms with Crippen molar-refractivity contribution in [2.24, 2.45) is 11.7 Å². The van der Waals surface area contributed by atoms with Gasteiger partial charge in [0.1, 0.15) is 6.04 Å². The number of nitrogens with two attached hydrogens (primary N) is 1. The van der Waals surface area contributed by atoms with Gasteiger partial charge in [0.25, 0.3) is 0 Å². The van der Waals surface area contributed by atoms with E-state index in [1.807, 2.05) is 73.7 Å². The Morgan fingerprint density at radius 1 is 1.06 bits per heavy atom. The number of hydrogen-bond donors (Lipinski definition) is 3. The van der Waals surface area contributed by atoms with Crippen LogP contribution in [0.1, 0.15) is 57.7 Å². The quantitative estimate of drug-likeness (QED) is 0.422. The normalized spacial score (nSPS) is 13.6. The van der Waals surface area contributed by atoms with E-state index in [-0.39, 0.29) is 17.7 Å². The van der Waals surface area contributed by atoms with E-state index in [0.717, 1.165) is 11.3 Å². The Hall–Kier alpha value is -3.30. The molecular weight excluding hydrogens is 432 g/mol. The van der Waals surface area contributed by atoms with E-state index in [1.165, 1.54) is 0 Å². The molecule has 0 spiro atoms. The van der Waals surface area contributed by atoms with Crippen LogP contribution in [0.15, 0.2) is 48.5 Å². The number of amides is 2. The molecular formula is C25H34N6O3. The third-order valence-electron chi connectivity index (χ3n) is 5.48. The van der Waals surface area contributed by atoms with Crippen LogP contribution in [0.25, 0.3) is 5.65 Å². The molecule has 0 aliphatic heterocycles. The molecule has 2 heterocycles. The van der Waals surface area contributed by atoms with Crippen LogP contribution in [0.5, 0.6) is 0 Å². The number of nitrogens with zero attached hydrogens (tertiary/aromatic N) is 3. The van der Waals surface area contributed by atoms with Crippen LogP contribution in [0.3, 0.4) is 0 Å². The zero-order valence-electron chi connectivity index (χ0n) is 20.4. The summed E-state index contributed by atoms with van der Waals surface area (Å²) in [5.74, 6) is -0.0247. The van der Waals surface area contributed by atoms with Crippen molar-refractivity contribution in [3.63, 3.8) is 0 Å². The van der Waals surface area contributed by atoms with E-state index in [4.69, 9.17) is 10.5 Å². The molecule has 4 N–H and O–H groups in total. The van der Waals surface area contributed by atoms with Crippen molar-refractivity contribution in [2.45, 2.75) is 65.5 Å². The number of aromatic nitrogens is 3. The monoisotopic (exact) mass is 466 g/mol. The molecule has 9 heteroatoms. The molecule has 3 rings (SSSR count). The lowest BCUT2D eigenvalue weighted by Gasteiger charge is -2.28. The number of nitrogens with one attached hydrogen (secondary N) is 2. The van der Waals surface area contributed by atoms with Crippen molar-refractivity contribution in [2.75, 3.05) is 0 Å². The molecule has 0 saturated carbocycles. The van der Waals surface area contributed by atoms with Crippen molar-refractivity contribution >= 4 is 17.5 Å². The van der Waals surface area contributed by atoms with Gasteiger partial charge in [-0.25, -0.2) is 0 Å². The first-order valence-electron chi connectivity index (χ1n) is 11.4. The van der Waals surface area contributed by atoms with Crippen molar-refractivity contribution < 1.29 is 14.3 Å². The van der Waals surface area contributed by atoms with Crippen LogP contribution in [-0.4, -0.2) is 38.1 Å². The number of carbonyl (C=O) groups is 2. The van der Waals surface area contributed by atoms with E-state index in [2.05, 4.69) is 20.8 Å². The number of benzene rings is 1. The lowest BCUT2D eigenvalue weighted by molar-refractivity contribution is -0.127. The highest BCUT2D eigenvalue weighted by Crippen LogP contribution is 2.22. The molecule has 0 bridgehead atoms. The van der Waals surface area contributed by atoms with Gasteiger partial charge < -0.3 is 21.1 Å². The fourth-order valence-corrected chi connectivity index (χ4v) is 3.37. The fourth-order valence-electron chi connectivity index (χ4n) is 3.37. The first-order chi connectivity index (χ1) is 16.1. The van der Waals surface area contributed by atoms with Gasteiger partial charge in [-0.3, -0.25) is 14.0 Å². The molecule has 0 aliphatic carbocycles. The zero-order chi connectivity index (χ0) is 24.9. The maximum atomic E-state index is 12.9. The van der Waals surface area contributed by atoms with Crippen molar-refractivity contribution in [3.8, 4) is 0 Å². The van der Waals surface area contributed by atoms with Crippen LogP contribution >= 0.6 is 0 Å². The van der Waals surface area contributed by atoms with Crippen LogP contribution in [0, 0.1) is 5.92 Å². The van der Waals surface area contributed by atoms with Crippen molar-refractivity contribution in [1.82, 2.24) is 25.2 Å². The number of pyridine rings is 1. The topological polar surface area (TPSA) is 124 Å². The largest absolute Gasteiger partial charge is 0.371 e. The van der Waals surface area contributed by atoms with Gasteiger partial charge in [0.05, 0.1) is 24.8 Å². The third kappa shape index (κ3) is 6.18. The maximum Gasteiger partial charge on any atom is 0.240 e. The SMILES string of the molecule is CC(C)C(=O)NCc1cccc2nnc([C@H](NC(=O)C(C)(C)N)[C@@H](C)OCc3ccccc3)n12. The Morgan fingerprint density at radius 3 is 2.41 bits per heavy atom. The summed E-state index contributed by atoms with van der Waals surface area (Å²) in [5, 5.41) is 14.6. The summed E-state index contributed by atoms with van der Waals surface area (Å²) in [6.45, 7) is 9.50. The minimum atomic E-state index is -1.09. The summed E-state index contributed by atoms with van der Waals surface area (Å²) in [6.07, 6.45) is -0.447. The van der Waals surface area contributed by atoms with Crippen LogP contribution in [0.2, 0.25) is 0 Å². The molecule has 182 valence electrons. The number of carbonyl (C=O) groups excluding carboxylic acids is 2. The van der Waals surface area contributed by atoms with Crippen LogP contribution in [-0.2, 0) is 27.5 Å². The first kappa shape index (κ1) is 25.3. The summed E-state index contributed by atoms with van der Waals surface area (Å²) in [7, 11) is 0. The number of hydrogen-bond acceptors (Lipinski definition) is 6. The average Bonchev–Trinajstić information content (AvgIpc) is 3.23. The Morgan fingerprint density at radius 2 is 1.76 bits per heavy atom. The van der Waals surface area contributed by atoms with Crippen LogP contribution in [0.4, 0.5) is 0 Å². The number of ether oxygens (including phenoxy) is 1. The summed E-state index contributed by atoms with van der Waals surface area (Å²) in [6, 6.07) is 14.7. The Bertz CT molecular complexity index is 1120. The molecule has 2 amide bonds. The maximum absolute atomic E-state index is 12.9. The lowest BCUT2D eigenvalue weighted by Crippen LogP contribution is -2.52. The summed E-state index contributed by atoms with van der Waals surface area (Å²) >= 11 is 0. The van der Waals surface area contributed by atoms with E-state index in [1.54, 1.807) is 13.8 Å². The second kappa shape index (κ2) is 10.8. The van der Waals surface area contributed by atoms with Gasteiger partial charge in [0, 0.05) is 11.6 Å². The molecule has 0 saturated heterocycles. The second-order valence-electron chi connectivity index (χ2n) is 9.32. The molecule has 0 fully saturated rings. The molecule has 0 aliphatic rings. The highest BCUT2D eigenvalue weighted by Gasteiger charge is 2.32. The van der Waals surface area contributed by atoms with Gasteiger partial charge in [0.15, 0.2) is 11.5 Å². The summed E-state index contributed by atoms with van der Waals surface area (Å²) < 4.78 is 7.98. The molecule has 0 radical (unpaired) electrons. The Kier molecular flexibility index (Phi) is 8.01. The fraction of sp³-hybridized carbons (Fsp3) is 0.440. The predicted octanol–water partition coefficient (Wildman–Crippen LogP) is 2.50. The summed E-state index contributed by atoms with van der Waals surface area (Å²) in [4.78, 5) is 25.0. The molecule has 1 aromatic carbocycles. The standard InChI is InChI=1S/C25H34N6O3/c1-16(2)23(32)27-14-19-12-9-13-20-29-30-22(31(19)20)21(28-24(33)25(4,5)26)17(3)34-15-18-10-7-6-8-11-18/h6-13,16-17,21H,14-15,26H2,1-5H3,(H,27,32)(H,28,33)/t17-,21-/m1/s1. The molecule has 34 heavy (non-hydrogen) atoms. The van der Waals surface area contributed by atoms with Gasteiger partial charge in [0.2, 0.25) is 11.8 Å². The van der Waals surface area contributed by atoms with Gasteiger partial charge in [-0.1, -0.05) is 50.2 Å². The molecule has 2 aromatic heterocycles. The average molecular weight is 467 g/mol. The smallest absolute Gasteiger partial charge is 0.240 e. The summed E-state index contributed by atoms with van der Waals surface area (Å²) in [5.41, 5.74) is 7.37. The van der Waals surface area contributed by atoms with Crippen molar-refractivity contribution in [1.29, 1.82) is 0 Å². The Balaban J connectivity index is 1.94. The minimum absolute atomic E-state index is 0.0547. The second-order valence-corrected chi connectivity index (χ2v) is 9.32. The predicted molar refractivity (Wildman–Crippen MR) is 130 cm³/mol. The van der Waals surface area contributed by atoms with E-state index in [9.17, 15) is 9.59 Å². The molecule has 2 atom stereocenters. The van der Waals surface area contributed by atoms with Crippen LogP contribution < -0.4 is 16.4 Å². The van der Waals surface area contributed by atoms with Gasteiger partial charge in [-0.05, 0) is 38.5 Å². The zero-order valence-corrected chi connectivity index (χ0v) is 20.4. The Labute approximate surface area is 200 Å². The van der Waals surface area contributed by atoms with Crippen molar-refractivity contribution in [3.05, 3.63) is 65.6 Å². The number of fused-ring (bicyclic) bond motifs is 1. The van der Waals surface area contributed by atoms with E-state index >= 15 is 0 Å². The van der Waals surface area contributed by atoms with Gasteiger partial charge >= 0.3 is 0 Å². The molecule has 9 nitrogen and oxygen atoms in total. The highest BCUT2D eigenvalue weighted by atomic mass is 16.5. The van der Waals surface area contributed by atoms with Gasteiger partial charge in [-0.2, -0.15) is 0 Å². The lowest BCUT2D eigenvalue weighted by atomic mass is 10.0. The first-order valence-corrected chi connectivity index (χ1v) is 11.4. The van der Waals surface area contributed by atoms with E-state index < -0.39 is 17.7 Å². The third-order valence-corrected chi connectivity index (χ3v) is 5.48. The highest BCUT2D eigenvalue weighted by molar-refractivity contribution is 5.85. The van der Waals surface area contributed by atoms with E-state index in [0.29, 0.717) is 24.6 Å².